The number of nitrogens with zero attached hydrogens (tertiary/aromatic N) is 2. The summed E-state index contributed by atoms with van der Waals surface area (Å²) in [5, 5.41) is 0. The summed E-state index contributed by atoms with van der Waals surface area (Å²) in [5.41, 5.74) is 3.99. The molecule has 3 N–H and O–H groups in total. The molecule has 0 saturated carbocycles. The number of aromatic nitrogens is 1. The number of anilines is 2. The average Bonchev–Trinajstić information content (AvgIpc) is 2.47. The number of nitrogen functional groups attached to an aromatic ring is 1. The molecule has 0 spiro atoms. The van der Waals surface area contributed by atoms with Crippen molar-refractivity contribution in [1.82, 2.24) is 4.98 Å². The van der Waals surface area contributed by atoms with E-state index in [2.05, 4.69) is 10.4 Å². The van der Waals surface area contributed by atoms with Gasteiger partial charge >= 0.3 is 0 Å². The largest absolute Gasteiger partial charge is 0.308 e. The Morgan fingerprint density at radius 1 is 1.20 bits per heavy atom. The smallest absolute Gasteiger partial charge is 0.264 e. The van der Waals surface area contributed by atoms with Crippen molar-refractivity contribution >= 4 is 21.5 Å². The zero-order chi connectivity index (χ0) is 14.8. The van der Waals surface area contributed by atoms with Gasteiger partial charge in [0.1, 0.15) is 5.82 Å². The minimum absolute atomic E-state index is 0.128. The first-order valence-corrected chi connectivity index (χ1v) is 7.37. The monoisotopic (exact) mass is 292 g/mol. The normalized spacial score (nSPS) is 11.2. The lowest BCUT2D eigenvalue weighted by molar-refractivity contribution is 0.594. The Morgan fingerprint density at radius 3 is 2.45 bits per heavy atom. The average molecular weight is 292 g/mol. The topological polar surface area (TPSA) is 88.3 Å². The van der Waals surface area contributed by atoms with Crippen molar-refractivity contribution in [2.75, 3.05) is 16.8 Å². The van der Waals surface area contributed by atoms with Gasteiger partial charge in [0.2, 0.25) is 0 Å². The molecule has 1 heterocycles. The van der Waals surface area contributed by atoms with Crippen LogP contribution in [0.15, 0.2) is 47.5 Å². The summed E-state index contributed by atoms with van der Waals surface area (Å²) in [6, 6.07) is 10.1. The van der Waals surface area contributed by atoms with Gasteiger partial charge in [-0.25, -0.2) is 19.2 Å². The summed E-state index contributed by atoms with van der Waals surface area (Å²) in [6.45, 7) is 1.94. The van der Waals surface area contributed by atoms with Gasteiger partial charge < -0.3 is 5.43 Å². The van der Waals surface area contributed by atoms with E-state index in [1.54, 1.807) is 12.1 Å². The number of aryl methyl sites for hydroxylation is 1. The van der Waals surface area contributed by atoms with Gasteiger partial charge in [-0.2, -0.15) is 0 Å². The van der Waals surface area contributed by atoms with Gasteiger partial charge in [-0.3, -0.25) is 4.31 Å². The van der Waals surface area contributed by atoms with Gasteiger partial charge in [-0.1, -0.05) is 17.7 Å². The van der Waals surface area contributed by atoms with E-state index in [9.17, 15) is 8.42 Å². The van der Waals surface area contributed by atoms with Crippen LogP contribution >= 0.6 is 0 Å². The molecule has 1 aromatic heterocycles. The molecule has 20 heavy (non-hydrogen) atoms. The van der Waals surface area contributed by atoms with E-state index >= 15 is 0 Å². The minimum Gasteiger partial charge on any atom is -0.308 e. The second-order valence-corrected chi connectivity index (χ2v) is 6.30. The van der Waals surface area contributed by atoms with Gasteiger partial charge in [-0.05, 0) is 25.1 Å². The van der Waals surface area contributed by atoms with Crippen molar-refractivity contribution in [1.29, 1.82) is 0 Å². The Bertz CT molecular complexity index is 699. The molecule has 7 heteroatoms. The van der Waals surface area contributed by atoms with Gasteiger partial charge in [0, 0.05) is 19.3 Å². The Balaban J connectivity index is 2.40. The third kappa shape index (κ3) is 2.73. The van der Waals surface area contributed by atoms with Crippen LogP contribution in [0.5, 0.6) is 0 Å². The summed E-state index contributed by atoms with van der Waals surface area (Å²) in [4.78, 5) is 4.02. The van der Waals surface area contributed by atoms with Crippen LogP contribution in [0, 0.1) is 6.92 Å². The zero-order valence-electron chi connectivity index (χ0n) is 11.2. The van der Waals surface area contributed by atoms with E-state index in [0.717, 1.165) is 5.56 Å². The van der Waals surface area contributed by atoms with Crippen LogP contribution in [-0.4, -0.2) is 20.4 Å². The fraction of sp³-hybridized carbons (Fsp3) is 0.154. The highest BCUT2D eigenvalue weighted by Gasteiger charge is 2.21. The van der Waals surface area contributed by atoms with E-state index in [4.69, 9.17) is 5.84 Å². The van der Waals surface area contributed by atoms with Crippen LogP contribution in [0.25, 0.3) is 0 Å². The molecule has 0 amide bonds. The molecular formula is C13H16N4O2S. The molecule has 1 aromatic carbocycles. The number of nitrogens with one attached hydrogen (secondary N) is 1. The number of sulfonamides is 1. The first kappa shape index (κ1) is 14.3. The van der Waals surface area contributed by atoms with Crippen LogP contribution in [0.3, 0.4) is 0 Å². The predicted octanol–water partition coefficient (Wildman–Crippen LogP) is 1.50. The lowest BCUT2D eigenvalue weighted by atomic mass is 10.2. The molecule has 0 radical (unpaired) electrons. The number of nitrogens with two attached hydrogens (primary N) is 1. The van der Waals surface area contributed by atoms with Gasteiger partial charge in [0.25, 0.3) is 10.0 Å². The molecule has 106 valence electrons. The second kappa shape index (κ2) is 5.48. The summed E-state index contributed by atoms with van der Waals surface area (Å²) in [7, 11) is -2.13. The number of hydrazine groups is 1. The van der Waals surface area contributed by atoms with E-state index in [-0.39, 0.29) is 4.90 Å². The summed E-state index contributed by atoms with van der Waals surface area (Å²) >= 11 is 0. The van der Waals surface area contributed by atoms with E-state index in [1.807, 2.05) is 19.1 Å². The van der Waals surface area contributed by atoms with Crippen molar-refractivity contribution < 1.29 is 8.42 Å². The number of hydrogen-bond acceptors (Lipinski definition) is 5. The fourth-order valence-electron chi connectivity index (χ4n) is 1.70. The van der Waals surface area contributed by atoms with Crippen molar-refractivity contribution in [3.8, 4) is 0 Å². The van der Waals surface area contributed by atoms with Gasteiger partial charge in [0.05, 0.1) is 10.6 Å². The maximum Gasteiger partial charge on any atom is 0.264 e. The van der Waals surface area contributed by atoms with E-state index < -0.39 is 10.0 Å². The maximum atomic E-state index is 12.5. The zero-order valence-corrected chi connectivity index (χ0v) is 12.1. The minimum atomic E-state index is -3.64. The Morgan fingerprint density at radius 2 is 1.85 bits per heavy atom. The Kier molecular flexibility index (Phi) is 3.91. The molecule has 0 unspecified atom stereocenters. The molecule has 0 saturated heterocycles. The quantitative estimate of drug-likeness (QED) is 0.658. The number of hydrogen-bond donors (Lipinski definition) is 2. The van der Waals surface area contributed by atoms with Crippen molar-refractivity contribution in [2.24, 2.45) is 5.84 Å². The van der Waals surface area contributed by atoms with Crippen LogP contribution in [0.2, 0.25) is 0 Å². The van der Waals surface area contributed by atoms with Crippen molar-refractivity contribution in [3.05, 3.63) is 48.2 Å². The fourth-order valence-corrected chi connectivity index (χ4v) is 2.91. The standard InChI is InChI=1S/C13H16N4O2S/c1-10-3-5-11(6-4-10)17(2)20(18,19)12-7-8-15-13(9-12)16-14/h3-9H,14H2,1-2H3,(H,15,16). The molecule has 2 rings (SSSR count). The second-order valence-electron chi connectivity index (χ2n) is 4.33. The third-order valence-corrected chi connectivity index (χ3v) is 4.72. The molecule has 0 aliphatic heterocycles. The molecule has 0 aliphatic rings. The lowest BCUT2D eigenvalue weighted by Gasteiger charge is -2.19. The Hall–Kier alpha value is -2.12. The first-order chi connectivity index (χ1) is 9.45. The number of benzene rings is 1. The van der Waals surface area contributed by atoms with E-state index in [0.29, 0.717) is 11.5 Å². The van der Waals surface area contributed by atoms with E-state index in [1.165, 1.54) is 29.7 Å². The lowest BCUT2D eigenvalue weighted by Crippen LogP contribution is -2.26. The van der Waals surface area contributed by atoms with Crippen LogP contribution < -0.4 is 15.6 Å². The van der Waals surface area contributed by atoms with Gasteiger partial charge in [0.15, 0.2) is 0 Å². The van der Waals surface area contributed by atoms with Crippen molar-refractivity contribution in [3.63, 3.8) is 0 Å². The molecular weight excluding hydrogens is 276 g/mol. The Labute approximate surface area is 118 Å². The maximum absolute atomic E-state index is 12.5. The third-order valence-electron chi connectivity index (χ3n) is 2.94. The van der Waals surface area contributed by atoms with Crippen LogP contribution in [0.1, 0.15) is 5.56 Å². The molecule has 0 atom stereocenters. The summed E-state index contributed by atoms with van der Waals surface area (Å²) in [6.07, 6.45) is 1.39. The number of rotatable bonds is 4. The van der Waals surface area contributed by atoms with Gasteiger partial charge in [-0.15, -0.1) is 0 Å². The molecule has 6 nitrogen and oxygen atoms in total. The van der Waals surface area contributed by atoms with Crippen LogP contribution in [0.4, 0.5) is 11.5 Å². The van der Waals surface area contributed by atoms with Crippen molar-refractivity contribution in [2.45, 2.75) is 11.8 Å². The SMILES string of the molecule is Cc1ccc(N(C)S(=O)(=O)c2ccnc(NN)c2)cc1. The molecule has 0 bridgehead atoms. The predicted molar refractivity (Wildman–Crippen MR) is 78.8 cm³/mol. The highest BCUT2D eigenvalue weighted by molar-refractivity contribution is 7.92. The molecule has 0 aliphatic carbocycles. The first-order valence-electron chi connectivity index (χ1n) is 5.93. The highest BCUT2D eigenvalue weighted by Crippen LogP contribution is 2.23. The summed E-state index contributed by atoms with van der Waals surface area (Å²) < 4.78 is 26.3. The summed E-state index contributed by atoms with van der Waals surface area (Å²) in [5.74, 6) is 5.54. The molecule has 0 fully saturated rings. The molecule has 2 aromatic rings. The highest BCUT2D eigenvalue weighted by atomic mass is 32.2. The van der Waals surface area contributed by atoms with Crippen LogP contribution in [-0.2, 0) is 10.0 Å². The number of pyridine rings is 1.